The van der Waals surface area contributed by atoms with Crippen LogP contribution >= 0.6 is 0 Å². The SMILES string of the molecule is COCCOc1cccc(NC(C)c2ccc(C)cc2)c1. The highest BCUT2D eigenvalue weighted by atomic mass is 16.5. The van der Waals surface area contributed by atoms with Crippen molar-refractivity contribution in [2.24, 2.45) is 0 Å². The Morgan fingerprint density at radius 2 is 1.81 bits per heavy atom. The van der Waals surface area contributed by atoms with Crippen molar-refractivity contribution in [1.82, 2.24) is 0 Å². The third-order valence-corrected chi connectivity index (χ3v) is 3.35. The van der Waals surface area contributed by atoms with Crippen molar-refractivity contribution in [2.45, 2.75) is 19.9 Å². The Hall–Kier alpha value is -2.00. The summed E-state index contributed by atoms with van der Waals surface area (Å²) in [6.07, 6.45) is 0. The molecule has 21 heavy (non-hydrogen) atoms. The van der Waals surface area contributed by atoms with E-state index in [2.05, 4.69) is 43.4 Å². The summed E-state index contributed by atoms with van der Waals surface area (Å²) < 4.78 is 10.6. The molecule has 1 unspecified atom stereocenters. The number of aryl methyl sites for hydroxylation is 1. The molecule has 0 aliphatic rings. The van der Waals surface area contributed by atoms with Gasteiger partial charge in [0.25, 0.3) is 0 Å². The van der Waals surface area contributed by atoms with Gasteiger partial charge in [-0.05, 0) is 31.5 Å². The van der Waals surface area contributed by atoms with Gasteiger partial charge in [0.05, 0.1) is 6.61 Å². The number of benzene rings is 2. The van der Waals surface area contributed by atoms with Gasteiger partial charge in [-0.2, -0.15) is 0 Å². The zero-order valence-electron chi connectivity index (χ0n) is 12.9. The first kappa shape index (κ1) is 15.4. The molecular weight excluding hydrogens is 262 g/mol. The Bertz CT molecular complexity index is 551. The number of anilines is 1. The standard InChI is InChI=1S/C18H23NO2/c1-14-7-9-16(10-8-14)15(2)19-17-5-4-6-18(13-17)21-12-11-20-3/h4-10,13,15,19H,11-12H2,1-3H3. The highest BCUT2D eigenvalue weighted by Crippen LogP contribution is 2.23. The lowest BCUT2D eigenvalue weighted by molar-refractivity contribution is 0.146. The van der Waals surface area contributed by atoms with Gasteiger partial charge in [0.15, 0.2) is 0 Å². The molecule has 0 saturated carbocycles. The summed E-state index contributed by atoms with van der Waals surface area (Å²) in [5, 5.41) is 3.50. The van der Waals surface area contributed by atoms with Gasteiger partial charge in [-0.25, -0.2) is 0 Å². The molecule has 0 aliphatic heterocycles. The Labute approximate surface area is 126 Å². The smallest absolute Gasteiger partial charge is 0.121 e. The van der Waals surface area contributed by atoms with Gasteiger partial charge in [0.1, 0.15) is 12.4 Å². The molecule has 0 saturated heterocycles. The fourth-order valence-electron chi connectivity index (χ4n) is 2.11. The van der Waals surface area contributed by atoms with Gasteiger partial charge in [-0.1, -0.05) is 35.9 Å². The first-order valence-electron chi connectivity index (χ1n) is 7.24. The molecule has 2 aromatic rings. The lowest BCUT2D eigenvalue weighted by Crippen LogP contribution is -2.07. The van der Waals surface area contributed by atoms with Crippen LogP contribution in [0.3, 0.4) is 0 Å². The van der Waals surface area contributed by atoms with E-state index in [-0.39, 0.29) is 6.04 Å². The number of rotatable bonds is 7. The highest BCUT2D eigenvalue weighted by Gasteiger charge is 2.05. The van der Waals surface area contributed by atoms with Crippen molar-refractivity contribution < 1.29 is 9.47 Å². The Kier molecular flexibility index (Phi) is 5.64. The third kappa shape index (κ3) is 4.80. The van der Waals surface area contributed by atoms with E-state index in [0.717, 1.165) is 11.4 Å². The fourth-order valence-corrected chi connectivity index (χ4v) is 2.11. The molecule has 3 nitrogen and oxygen atoms in total. The molecule has 0 bridgehead atoms. The summed E-state index contributed by atoms with van der Waals surface area (Å²) >= 11 is 0. The normalized spacial score (nSPS) is 12.0. The second-order valence-electron chi connectivity index (χ2n) is 5.15. The zero-order chi connectivity index (χ0) is 15.1. The highest BCUT2D eigenvalue weighted by molar-refractivity contribution is 5.49. The summed E-state index contributed by atoms with van der Waals surface area (Å²) in [7, 11) is 1.67. The van der Waals surface area contributed by atoms with E-state index in [1.54, 1.807) is 7.11 Å². The maximum atomic E-state index is 5.63. The number of hydrogen-bond acceptors (Lipinski definition) is 3. The van der Waals surface area contributed by atoms with E-state index in [9.17, 15) is 0 Å². The average Bonchev–Trinajstić information content (AvgIpc) is 2.48. The van der Waals surface area contributed by atoms with Gasteiger partial charge in [0, 0.05) is 24.9 Å². The topological polar surface area (TPSA) is 30.5 Å². The fraction of sp³-hybridized carbons (Fsp3) is 0.333. The van der Waals surface area contributed by atoms with Crippen molar-refractivity contribution in [1.29, 1.82) is 0 Å². The quantitative estimate of drug-likeness (QED) is 0.774. The van der Waals surface area contributed by atoms with Gasteiger partial charge in [-0.3, -0.25) is 0 Å². The van der Waals surface area contributed by atoms with Crippen LogP contribution in [0, 0.1) is 6.92 Å². The summed E-state index contributed by atoms with van der Waals surface area (Å²) in [4.78, 5) is 0. The van der Waals surface area contributed by atoms with Gasteiger partial charge >= 0.3 is 0 Å². The Morgan fingerprint density at radius 3 is 2.52 bits per heavy atom. The molecule has 0 radical (unpaired) electrons. The summed E-state index contributed by atoms with van der Waals surface area (Å²) in [5.74, 6) is 0.855. The van der Waals surface area contributed by atoms with Gasteiger partial charge < -0.3 is 14.8 Å². The lowest BCUT2D eigenvalue weighted by Gasteiger charge is -2.17. The summed E-state index contributed by atoms with van der Waals surface area (Å²) in [6, 6.07) is 16.9. The van der Waals surface area contributed by atoms with Crippen molar-refractivity contribution in [2.75, 3.05) is 25.6 Å². The Balaban J connectivity index is 1.98. The second-order valence-corrected chi connectivity index (χ2v) is 5.15. The average molecular weight is 285 g/mol. The van der Waals surface area contributed by atoms with E-state index >= 15 is 0 Å². The van der Waals surface area contributed by atoms with E-state index in [4.69, 9.17) is 9.47 Å². The van der Waals surface area contributed by atoms with E-state index in [1.807, 2.05) is 24.3 Å². The molecule has 0 fully saturated rings. The molecule has 112 valence electrons. The lowest BCUT2D eigenvalue weighted by atomic mass is 10.1. The van der Waals surface area contributed by atoms with Crippen LogP contribution in [-0.2, 0) is 4.74 Å². The van der Waals surface area contributed by atoms with Crippen LogP contribution < -0.4 is 10.1 Å². The van der Waals surface area contributed by atoms with Crippen LogP contribution in [-0.4, -0.2) is 20.3 Å². The van der Waals surface area contributed by atoms with Crippen molar-refractivity contribution in [3.63, 3.8) is 0 Å². The third-order valence-electron chi connectivity index (χ3n) is 3.35. The van der Waals surface area contributed by atoms with Crippen LogP contribution in [0.15, 0.2) is 48.5 Å². The predicted octanol–water partition coefficient (Wildman–Crippen LogP) is 4.19. The largest absolute Gasteiger partial charge is 0.491 e. The van der Waals surface area contributed by atoms with Crippen LogP contribution in [0.1, 0.15) is 24.1 Å². The molecule has 0 aliphatic carbocycles. The minimum absolute atomic E-state index is 0.250. The van der Waals surface area contributed by atoms with Crippen molar-refractivity contribution >= 4 is 5.69 Å². The second kappa shape index (κ2) is 7.70. The number of hydrogen-bond donors (Lipinski definition) is 1. The van der Waals surface area contributed by atoms with Gasteiger partial charge in [-0.15, -0.1) is 0 Å². The number of methoxy groups -OCH3 is 1. The van der Waals surface area contributed by atoms with E-state index < -0.39 is 0 Å². The zero-order valence-corrected chi connectivity index (χ0v) is 12.9. The van der Waals surface area contributed by atoms with E-state index in [0.29, 0.717) is 13.2 Å². The van der Waals surface area contributed by atoms with Crippen LogP contribution in [0.2, 0.25) is 0 Å². The molecular formula is C18H23NO2. The van der Waals surface area contributed by atoms with Crippen LogP contribution in [0.4, 0.5) is 5.69 Å². The maximum absolute atomic E-state index is 5.63. The number of ether oxygens (including phenoxy) is 2. The molecule has 0 amide bonds. The van der Waals surface area contributed by atoms with Crippen LogP contribution in [0.25, 0.3) is 0 Å². The predicted molar refractivity (Wildman–Crippen MR) is 87.0 cm³/mol. The van der Waals surface area contributed by atoms with Crippen molar-refractivity contribution in [3.8, 4) is 5.75 Å². The molecule has 0 aromatic heterocycles. The first-order chi connectivity index (χ1) is 10.2. The first-order valence-corrected chi connectivity index (χ1v) is 7.24. The summed E-state index contributed by atoms with van der Waals surface area (Å²) in [6.45, 7) is 5.41. The number of nitrogens with one attached hydrogen (secondary N) is 1. The molecule has 3 heteroatoms. The minimum atomic E-state index is 0.250. The summed E-state index contributed by atoms with van der Waals surface area (Å²) in [5.41, 5.74) is 3.60. The molecule has 2 aromatic carbocycles. The molecule has 0 heterocycles. The Morgan fingerprint density at radius 1 is 1.05 bits per heavy atom. The minimum Gasteiger partial charge on any atom is -0.491 e. The molecule has 1 N–H and O–H groups in total. The maximum Gasteiger partial charge on any atom is 0.121 e. The molecule has 2 rings (SSSR count). The molecule has 0 spiro atoms. The van der Waals surface area contributed by atoms with E-state index in [1.165, 1.54) is 11.1 Å². The van der Waals surface area contributed by atoms with Crippen molar-refractivity contribution in [3.05, 3.63) is 59.7 Å². The monoisotopic (exact) mass is 285 g/mol. The van der Waals surface area contributed by atoms with Gasteiger partial charge in [0.2, 0.25) is 0 Å². The molecule has 1 atom stereocenters. The van der Waals surface area contributed by atoms with Crippen LogP contribution in [0.5, 0.6) is 5.75 Å².